The fourth-order valence-electron chi connectivity index (χ4n) is 2.63. The minimum absolute atomic E-state index is 0.0110. The number of methoxy groups -OCH3 is 2. The van der Waals surface area contributed by atoms with Crippen LogP contribution in [0.4, 0.5) is 10.5 Å². The summed E-state index contributed by atoms with van der Waals surface area (Å²) in [5.41, 5.74) is 0.313. The van der Waals surface area contributed by atoms with E-state index in [0.29, 0.717) is 22.1 Å². The molecule has 1 saturated heterocycles. The van der Waals surface area contributed by atoms with Crippen molar-refractivity contribution in [1.29, 1.82) is 0 Å². The molecule has 2 aromatic rings. The van der Waals surface area contributed by atoms with Crippen molar-refractivity contribution in [2.75, 3.05) is 26.1 Å². The molecule has 1 N–H and O–H groups in total. The Morgan fingerprint density at radius 2 is 1.82 bits per heavy atom. The third-order valence-electron chi connectivity index (χ3n) is 4.01. The first-order chi connectivity index (χ1) is 13.4. The smallest absolute Gasteiger partial charge is 0.335 e. The van der Waals surface area contributed by atoms with Gasteiger partial charge in [-0.3, -0.25) is 19.3 Å². The van der Waals surface area contributed by atoms with Crippen molar-refractivity contribution in [3.8, 4) is 11.5 Å². The van der Waals surface area contributed by atoms with Crippen LogP contribution in [0.25, 0.3) is 0 Å². The summed E-state index contributed by atoms with van der Waals surface area (Å²) < 4.78 is 10.3. The maximum absolute atomic E-state index is 12.5. The Kier molecular flexibility index (Phi) is 5.59. The van der Waals surface area contributed by atoms with E-state index >= 15 is 0 Å². The molecule has 1 fully saturated rings. The number of anilines is 1. The second kappa shape index (κ2) is 8.09. The van der Waals surface area contributed by atoms with E-state index in [1.165, 1.54) is 25.6 Å². The number of urea groups is 1. The van der Waals surface area contributed by atoms with Gasteiger partial charge in [0.15, 0.2) is 0 Å². The van der Waals surface area contributed by atoms with E-state index in [4.69, 9.17) is 9.47 Å². The maximum atomic E-state index is 12.5. The molecule has 9 nitrogen and oxygen atoms in total. The standard InChI is InChI=1S/C18H17N3O6S/c1-26-11-5-6-14(27-2)13(8-11)19-15(22)10-21-17(24)16(23)20(18(21)25)9-12-4-3-7-28-12/h3-8H,9-10H2,1-2H3,(H,19,22). The molecule has 5 amide bonds. The van der Waals surface area contributed by atoms with Gasteiger partial charge in [0.1, 0.15) is 18.0 Å². The molecule has 28 heavy (non-hydrogen) atoms. The zero-order valence-electron chi connectivity index (χ0n) is 15.1. The van der Waals surface area contributed by atoms with Crippen molar-refractivity contribution < 1.29 is 28.7 Å². The number of benzene rings is 1. The lowest BCUT2D eigenvalue weighted by Gasteiger charge is -2.16. The summed E-state index contributed by atoms with van der Waals surface area (Å²) in [6.45, 7) is -0.604. The van der Waals surface area contributed by atoms with Crippen LogP contribution in [0, 0.1) is 0 Å². The Labute approximate surface area is 164 Å². The fraction of sp³-hybridized carbons (Fsp3) is 0.222. The molecule has 1 aromatic carbocycles. The molecule has 146 valence electrons. The number of nitrogens with zero attached hydrogens (tertiary/aromatic N) is 2. The van der Waals surface area contributed by atoms with Gasteiger partial charge in [-0.1, -0.05) is 6.07 Å². The molecule has 3 rings (SSSR count). The van der Waals surface area contributed by atoms with E-state index in [-0.39, 0.29) is 6.54 Å². The number of hydrogen-bond acceptors (Lipinski definition) is 7. The molecule has 2 heterocycles. The summed E-state index contributed by atoms with van der Waals surface area (Å²) in [5, 5.41) is 4.36. The molecule has 0 atom stereocenters. The van der Waals surface area contributed by atoms with E-state index in [0.717, 1.165) is 9.78 Å². The van der Waals surface area contributed by atoms with E-state index in [2.05, 4.69) is 5.32 Å². The van der Waals surface area contributed by atoms with Crippen molar-refractivity contribution in [1.82, 2.24) is 9.80 Å². The number of thiophene rings is 1. The summed E-state index contributed by atoms with van der Waals surface area (Å²) in [5.74, 6) is -1.77. The molecule has 10 heteroatoms. The molecule has 1 aromatic heterocycles. The van der Waals surface area contributed by atoms with Gasteiger partial charge in [0.05, 0.1) is 26.5 Å². The molecule has 0 unspecified atom stereocenters. The number of imide groups is 2. The number of ether oxygens (including phenoxy) is 2. The van der Waals surface area contributed by atoms with Crippen LogP contribution in [0.1, 0.15) is 4.88 Å². The van der Waals surface area contributed by atoms with Crippen LogP contribution >= 0.6 is 11.3 Å². The lowest BCUT2D eigenvalue weighted by Crippen LogP contribution is -2.38. The van der Waals surface area contributed by atoms with Crippen LogP contribution in [-0.4, -0.2) is 54.3 Å². The van der Waals surface area contributed by atoms with Crippen molar-refractivity contribution >= 4 is 40.8 Å². The molecule has 0 saturated carbocycles. The summed E-state index contributed by atoms with van der Waals surface area (Å²) >= 11 is 1.36. The number of nitrogens with one attached hydrogen (secondary N) is 1. The van der Waals surface area contributed by atoms with Crippen molar-refractivity contribution in [2.24, 2.45) is 0 Å². The van der Waals surface area contributed by atoms with Crippen LogP contribution in [0.5, 0.6) is 11.5 Å². The third kappa shape index (κ3) is 3.81. The second-order valence-electron chi connectivity index (χ2n) is 5.76. The van der Waals surface area contributed by atoms with Crippen LogP contribution in [0.15, 0.2) is 35.7 Å². The first-order valence-corrected chi connectivity index (χ1v) is 9.04. The number of carbonyl (C=O) groups is 4. The van der Waals surface area contributed by atoms with Gasteiger partial charge in [-0.25, -0.2) is 9.69 Å². The van der Waals surface area contributed by atoms with E-state index in [1.807, 2.05) is 0 Å². The summed E-state index contributed by atoms with van der Waals surface area (Å²) in [7, 11) is 2.91. The van der Waals surface area contributed by atoms with Gasteiger partial charge in [-0.15, -0.1) is 11.3 Å². The highest BCUT2D eigenvalue weighted by Gasteiger charge is 2.45. The summed E-state index contributed by atoms with van der Waals surface area (Å²) in [4.78, 5) is 51.3. The minimum Gasteiger partial charge on any atom is -0.497 e. The van der Waals surface area contributed by atoms with E-state index in [9.17, 15) is 19.2 Å². The molecule has 0 spiro atoms. The largest absolute Gasteiger partial charge is 0.497 e. The molecule has 0 aliphatic carbocycles. The van der Waals surface area contributed by atoms with Crippen LogP contribution in [0.2, 0.25) is 0 Å². The zero-order valence-corrected chi connectivity index (χ0v) is 15.9. The number of rotatable bonds is 7. The average molecular weight is 403 g/mol. The van der Waals surface area contributed by atoms with E-state index in [1.54, 1.807) is 35.7 Å². The SMILES string of the molecule is COc1ccc(OC)c(NC(=O)CN2C(=O)C(=O)N(Cc3cccs3)C2=O)c1. The molecular weight excluding hydrogens is 386 g/mol. The lowest BCUT2D eigenvalue weighted by atomic mass is 10.2. The highest BCUT2D eigenvalue weighted by atomic mass is 32.1. The van der Waals surface area contributed by atoms with Gasteiger partial charge in [0.25, 0.3) is 0 Å². The Bertz CT molecular complexity index is 927. The monoisotopic (exact) mass is 403 g/mol. The van der Waals surface area contributed by atoms with Crippen molar-refractivity contribution in [2.45, 2.75) is 6.54 Å². The van der Waals surface area contributed by atoms with Gasteiger partial charge in [0, 0.05) is 10.9 Å². The van der Waals surface area contributed by atoms with Crippen molar-refractivity contribution in [3.63, 3.8) is 0 Å². The number of carbonyl (C=O) groups excluding carboxylic acids is 4. The Hall–Kier alpha value is -3.40. The first-order valence-electron chi connectivity index (χ1n) is 8.16. The predicted octanol–water partition coefficient (Wildman–Crippen LogP) is 1.69. The quantitative estimate of drug-likeness (QED) is 0.557. The van der Waals surface area contributed by atoms with Gasteiger partial charge in [-0.2, -0.15) is 0 Å². The number of hydrogen-bond donors (Lipinski definition) is 1. The summed E-state index contributed by atoms with van der Waals surface area (Å²) in [6.07, 6.45) is 0. The molecule has 1 aliphatic heterocycles. The summed E-state index contributed by atoms with van der Waals surface area (Å²) in [6, 6.07) is 7.50. The van der Waals surface area contributed by atoms with Gasteiger partial charge < -0.3 is 14.8 Å². The number of amides is 5. The lowest BCUT2D eigenvalue weighted by molar-refractivity contribution is -0.143. The second-order valence-corrected chi connectivity index (χ2v) is 6.79. The zero-order chi connectivity index (χ0) is 20.3. The molecular formula is C18H17N3O6S. The van der Waals surface area contributed by atoms with Crippen LogP contribution in [0.3, 0.4) is 0 Å². The maximum Gasteiger partial charge on any atom is 0.335 e. The highest BCUT2D eigenvalue weighted by Crippen LogP contribution is 2.29. The normalized spacial score (nSPS) is 13.9. The Morgan fingerprint density at radius 1 is 1.07 bits per heavy atom. The Morgan fingerprint density at radius 3 is 2.46 bits per heavy atom. The topological polar surface area (TPSA) is 105 Å². The van der Waals surface area contributed by atoms with Gasteiger partial charge in [-0.05, 0) is 23.6 Å². The molecule has 0 radical (unpaired) electrons. The fourth-order valence-corrected chi connectivity index (χ4v) is 3.33. The predicted molar refractivity (Wildman–Crippen MR) is 100 cm³/mol. The van der Waals surface area contributed by atoms with Gasteiger partial charge in [0.2, 0.25) is 5.91 Å². The van der Waals surface area contributed by atoms with Gasteiger partial charge >= 0.3 is 17.8 Å². The molecule has 1 aliphatic rings. The third-order valence-corrected chi connectivity index (χ3v) is 4.87. The van der Waals surface area contributed by atoms with E-state index < -0.39 is 30.3 Å². The first kappa shape index (κ1) is 19.4. The van der Waals surface area contributed by atoms with Crippen LogP contribution < -0.4 is 14.8 Å². The molecule has 0 bridgehead atoms. The highest BCUT2D eigenvalue weighted by molar-refractivity contribution is 7.09. The Balaban J connectivity index is 1.71. The van der Waals surface area contributed by atoms with Crippen LogP contribution in [-0.2, 0) is 20.9 Å². The average Bonchev–Trinajstić information content (AvgIpc) is 3.27. The minimum atomic E-state index is -1.03. The van der Waals surface area contributed by atoms with Crippen molar-refractivity contribution in [3.05, 3.63) is 40.6 Å².